The summed E-state index contributed by atoms with van der Waals surface area (Å²) in [4.78, 5) is 0. The molecule has 10 atom stereocenters. The molecule has 0 aromatic carbocycles. The van der Waals surface area contributed by atoms with Crippen molar-refractivity contribution in [2.75, 3.05) is 0 Å². The van der Waals surface area contributed by atoms with Crippen LogP contribution in [0.4, 0.5) is 0 Å². The summed E-state index contributed by atoms with van der Waals surface area (Å²) in [5.41, 5.74) is 0. The fourth-order valence-electron chi connectivity index (χ4n) is 18.7. The Kier molecular flexibility index (Phi) is 184. The Morgan fingerprint density at radius 1 is 0.142 bits per heavy atom. The molecule has 0 radical (unpaired) electrons. The summed E-state index contributed by atoms with van der Waals surface area (Å²) >= 11 is 0. The average molecular weight is 1940 g/mol. The van der Waals surface area contributed by atoms with Gasteiger partial charge < -0.3 is 104 Å². The predicted molar refractivity (Wildman–Crippen MR) is 513 cm³/mol. The smallest absolute Gasteiger partial charge is 0.358 e. The van der Waals surface area contributed by atoms with Gasteiger partial charge in [-0.3, -0.25) is 0 Å². The van der Waals surface area contributed by atoms with Gasteiger partial charge in [-0.2, -0.15) is 0 Å². The molecule has 0 aromatic heterocycles. The normalized spacial score (nSPS) is 25.0. The minimum absolute atomic E-state index is 0. The van der Waals surface area contributed by atoms with Gasteiger partial charge in [-0.15, -0.1) is 0 Å². The number of hydrogen-bond acceptors (Lipinski definition) is 0. The van der Waals surface area contributed by atoms with Gasteiger partial charge in [-0.25, -0.2) is 0 Å². The largest absolute Gasteiger partial charge is 2.00 e. The minimum Gasteiger partial charge on any atom is -0.358 e. The van der Waals surface area contributed by atoms with Crippen molar-refractivity contribution < 1.29 is 122 Å². The van der Waals surface area contributed by atoms with Gasteiger partial charge in [-0.1, -0.05) is 496 Å². The molecule has 0 spiro atoms. The second-order valence-corrected chi connectivity index (χ2v) is 35.2. The zero-order valence-corrected chi connectivity index (χ0v) is 92.5. The molecule has 0 amide bonds. The van der Waals surface area contributed by atoms with Crippen LogP contribution in [0.2, 0.25) is 0 Å². The van der Waals surface area contributed by atoms with Crippen molar-refractivity contribution in [1.29, 1.82) is 0 Å². The van der Waals surface area contributed by atoms with Gasteiger partial charge in [0.05, 0.1) is 0 Å². The van der Waals surface area contributed by atoms with Gasteiger partial charge in [0.25, 0.3) is 0 Å². The summed E-state index contributed by atoms with van der Waals surface area (Å²) in [5.74, 6) is 16.8. The summed E-state index contributed by atoms with van der Waals surface area (Å²) < 4.78 is 0. The summed E-state index contributed by atoms with van der Waals surface area (Å²) in [6, 6.07) is 0. The van der Waals surface area contributed by atoms with E-state index >= 15 is 0 Å². The maximum atomic E-state index is 2.39. The second kappa shape index (κ2) is 122. The van der Waals surface area contributed by atoms with Crippen molar-refractivity contribution in [3.05, 3.63) is 104 Å². The van der Waals surface area contributed by atoms with Gasteiger partial charge in [-0.05, 0) is 94.7 Å². The Labute approximate surface area is 809 Å². The van der Waals surface area contributed by atoms with E-state index < -0.39 is 0 Å². The van der Waals surface area contributed by atoms with E-state index in [0.717, 1.165) is 94.7 Å². The Morgan fingerprint density at radius 2 is 0.274 bits per heavy atom. The number of hydrogen-bond donors (Lipinski definition) is 0. The summed E-state index contributed by atoms with van der Waals surface area (Å²) in [5, 5.41) is 0. The quantitative estimate of drug-likeness (QED) is 0.184. The molecule has 7 heteroatoms. The first-order valence-electron chi connectivity index (χ1n) is 44.6. The SMILES string of the molecule is C1CCCC1.C1CCCC1.C1CCCC1.CC1CCCC1.CC1CCCC1.CC1CCCC1.CC1CCCC1.CC1CCCC1.CC1CCCC1C.CCC1CCCC1.CCC1CCCC1C.CCC1CCCC1C.CCC1CCCC1C.CCC1CCCC1CC.[CH3-].[CH3-].[CH3-].[CH3-].[CH3-].[CH3-].[CH3-].[CH3-].[CH3-].[CH3-].[CH3-].[CH3-].[CH3-].[CH3-].[Fe+2].[Fe+2].[Fe+2].[Fe+2].[Fe+2].[Fe+2].[Ru+2]. The van der Waals surface area contributed by atoms with E-state index in [4.69, 9.17) is 0 Å². The zero-order valence-electron chi connectivity index (χ0n) is 84.1. The van der Waals surface area contributed by atoms with E-state index in [1.54, 1.807) is 0 Å². The molecule has 0 nitrogen and oxygen atoms in total. The van der Waals surface area contributed by atoms with Crippen LogP contribution in [-0.4, -0.2) is 0 Å². The van der Waals surface area contributed by atoms with E-state index in [0.29, 0.717) is 0 Å². The standard InChI is InChI=1S/C9H18.3C8H16.2C7H14.5C6H12.3C5H10.14CH3.6Fe.Ru/c1-3-8-6-5-7-9(8)4-2;3*1-3-8-6-4-5-7(8)2;1-6-4-3-5-7(6)2;1-2-7-5-3-4-6-7;5*1-6-4-2-3-5-6;3*1-2-4-5-3-1;;;;;;;;;;;;;;;;;;;;;/h8-9H,3-7H2,1-2H3;3*7-8H,3-6H2,1-2H3;6-7H,3-5H2,1-2H3;7H,2-6H2,1H3;5*6H,2-5H2,1H3;3*1-5H2;14*1H3;;;;;;;/q;;;;;;;;;;;;;;14*-1;7*+2. The van der Waals surface area contributed by atoms with Crippen molar-refractivity contribution in [3.63, 3.8) is 0 Å². The molecule has 14 aliphatic carbocycles. The van der Waals surface area contributed by atoms with Crippen molar-refractivity contribution in [3.8, 4) is 0 Å². The van der Waals surface area contributed by atoms with Crippen LogP contribution in [0, 0.1) is 199 Å². The Bertz CT molecular complexity index is 1260. The van der Waals surface area contributed by atoms with E-state index in [1.165, 1.54) is 385 Å². The van der Waals surface area contributed by atoms with Crippen LogP contribution in [0.15, 0.2) is 0 Å². The average Bonchev–Trinajstić information content (AvgIpc) is 1.94. The van der Waals surface area contributed by atoms with Crippen LogP contribution < -0.4 is 0 Å². The second-order valence-electron chi connectivity index (χ2n) is 35.2. The third kappa shape index (κ3) is 99.4. The maximum absolute atomic E-state index is 2.39. The molecule has 14 rings (SSSR count). The summed E-state index contributed by atoms with van der Waals surface area (Å²) in [6.45, 7) is 37.5. The van der Waals surface area contributed by atoms with Crippen molar-refractivity contribution in [2.45, 2.75) is 496 Å². The van der Waals surface area contributed by atoms with Gasteiger partial charge in [0.1, 0.15) is 0 Å². The first-order chi connectivity index (χ1) is 44.6. The van der Waals surface area contributed by atoms with E-state index in [-0.39, 0.29) is 226 Å². The molecule has 0 aromatic rings. The Balaban J connectivity index is -0.0000000420. The predicted octanol–water partition coefficient (Wildman–Crippen LogP) is 39.9. The molecule has 0 N–H and O–H groups in total. The summed E-state index contributed by atoms with van der Waals surface area (Å²) in [6.07, 6.45) is 89.1. The molecule has 10 unspecified atom stereocenters. The number of rotatable bonds is 6. The van der Waals surface area contributed by atoms with Gasteiger partial charge >= 0.3 is 122 Å². The van der Waals surface area contributed by atoms with Gasteiger partial charge in [0.15, 0.2) is 0 Å². The topological polar surface area (TPSA) is 0 Å². The third-order valence-corrected chi connectivity index (χ3v) is 26.9. The molecule has 113 heavy (non-hydrogen) atoms. The molecule has 14 aliphatic rings. The fraction of sp³-hybridized carbons (Fsp3) is 0.868. The van der Waals surface area contributed by atoms with E-state index in [1.807, 2.05) is 0 Å². The Hall–Kier alpha value is 3.74. The van der Waals surface area contributed by atoms with E-state index in [9.17, 15) is 0 Å². The molecule has 0 heterocycles. The maximum Gasteiger partial charge on any atom is 2.00 e. The fourth-order valence-corrected chi connectivity index (χ4v) is 18.7. The van der Waals surface area contributed by atoms with Crippen molar-refractivity contribution >= 4 is 0 Å². The van der Waals surface area contributed by atoms with Crippen LogP contribution in [0.5, 0.6) is 0 Å². The van der Waals surface area contributed by atoms with Crippen molar-refractivity contribution in [2.24, 2.45) is 94.7 Å². The van der Waals surface area contributed by atoms with Crippen LogP contribution in [-0.2, 0) is 122 Å². The van der Waals surface area contributed by atoms with Gasteiger partial charge in [0, 0.05) is 0 Å². The molecule has 0 saturated heterocycles. The van der Waals surface area contributed by atoms with Crippen LogP contribution in [0.1, 0.15) is 496 Å². The Morgan fingerprint density at radius 3 is 0.363 bits per heavy atom. The molecule has 706 valence electrons. The van der Waals surface area contributed by atoms with Crippen molar-refractivity contribution in [1.82, 2.24) is 0 Å². The zero-order chi connectivity index (χ0) is 67.7. The molecular formula is C106H226Fe6Ru. The minimum atomic E-state index is 0. The summed E-state index contributed by atoms with van der Waals surface area (Å²) in [7, 11) is 0. The van der Waals surface area contributed by atoms with Crippen LogP contribution in [0.25, 0.3) is 0 Å². The molecular weight excluding hydrogens is 1710 g/mol. The first kappa shape index (κ1) is 171. The third-order valence-electron chi connectivity index (χ3n) is 26.9. The first-order valence-corrected chi connectivity index (χ1v) is 44.6. The molecule has 0 aliphatic heterocycles. The molecule has 14 fully saturated rings. The van der Waals surface area contributed by atoms with Gasteiger partial charge in [0.2, 0.25) is 0 Å². The molecule has 0 bridgehead atoms. The van der Waals surface area contributed by atoms with Crippen LogP contribution in [0.3, 0.4) is 0 Å². The van der Waals surface area contributed by atoms with Crippen LogP contribution >= 0.6 is 0 Å². The van der Waals surface area contributed by atoms with E-state index in [2.05, 4.69) is 111 Å². The molecule has 14 saturated carbocycles. The monoisotopic (exact) mass is 1940 g/mol.